The highest BCUT2D eigenvalue weighted by molar-refractivity contribution is 7.98. The maximum atomic E-state index is 7.48. The van der Waals surface area contributed by atoms with Gasteiger partial charge in [0.1, 0.15) is 17.4 Å². The van der Waals surface area contributed by atoms with Crippen LogP contribution in [0, 0.1) is 12.3 Å². The van der Waals surface area contributed by atoms with Gasteiger partial charge in [0, 0.05) is 19.0 Å². The van der Waals surface area contributed by atoms with E-state index in [2.05, 4.69) is 15.2 Å². The molecule has 0 saturated carbocycles. The van der Waals surface area contributed by atoms with Gasteiger partial charge in [-0.25, -0.2) is 0 Å². The van der Waals surface area contributed by atoms with Gasteiger partial charge in [0.05, 0.1) is 0 Å². The fraction of sp³-hybridized carbons (Fsp3) is 0.273. The van der Waals surface area contributed by atoms with Gasteiger partial charge in [-0.05, 0) is 18.6 Å². The molecular weight excluding hydrogens is 248 g/mol. The number of rotatable bonds is 4. The first kappa shape index (κ1) is 12.6. The summed E-state index contributed by atoms with van der Waals surface area (Å²) in [4.78, 5) is 4.11. The lowest BCUT2D eigenvalue weighted by atomic mass is 10.2. The molecular formula is C11H14N6S. The number of pyridine rings is 1. The van der Waals surface area contributed by atoms with E-state index in [1.807, 2.05) is 30.7 Å². The second kappa shape index (κ2) is 5.18. The SMILES string of the molecule is Cc1nnc(SCc2cccnc2C(=N)N)n1C. The van der Waals surface area contributed by atoms with Crippen molar-refractivity contribution in [2.75, 3.05) is 0 Å². The quantitative estimate of drug-likeness (QED) is 0.489. The molecule has 0 saturated heterocycles. The predicted octanol–water partition coefficient (Wildman–Crippen LogP) is 1.09. The molecule has 0 aliphatic carbocycles. The maximum absolute atomic E-state index is 7.48. The number of aromatic nitrogens is 4. The standard InChI is InChI=1S/C11H14N6S/c1-7-15-16-11(17(7)2)18-6-8-4-3-5-14-9(8)10(12)13/h3-5H,6H2,1-2H3,(H3,12,13). The first-order valence-corrected chi connectivity index (χ1v) is 6.35. The van der Waals surface area contributed by atoms with E-state index in [1.165, 1.54) is 0 Å². The zero-order valence-corrected chi connectivity index (χ0v) is 11.0. The van der Waals surface area contributed by atoms with Gasteiger partial charge in [-0.2, -0.15) is 0 Å². The van der Waals surface area contributed by atoms with Crippen LogP contribution in [0.4, 0.5) is 0 Å². The molecule has 3 N–H and O–H groups in total. The Bertz CT molecular complexity index is 577. The van der Waals surface area contributed by atoms with Crippen molar-refractivity contribution in [1.82, 2.24) is 19.7 Å². The van der Waals surface area contributed by atoms with Crippen LogP contribution in [0.2, 0.25) is 0 Å². The molecule has 0 aromatic carbocycles. The summed E-state index contributed by atoms with van der Waals surface area (Å²) in [6.07, 6.45) is 1.64. The molecule has 0 radical (unpaired) electrons. The zero-order chi connectivity index (χ0) is 13.1. The van der Waals surface area contributed by atoms with Crippen LogP contribution in [0.1, 0.15) is 17.1 Å². The number of nitrogen functional groups attached to an aromatic ring is 1. The van der Waals surface area contributed by atoms with Crippen molar-refractivity contribution in [3.63, 3.8) is 0 Å². The minimum absolute atomic E-state index is 0.0136. The molecule has 94 valence electrons. The normalized spacial score (nSPS) is 10.6. The average molecular weight is 262 g/mol. The van der Waals surface area contributed by atoms with Crippen molar-refractivity contribution in [3.8, 4) is 0 Å². The number of thioether (sulfide) groups is 1. The molecule has 0 amide bonds. The fourth-order valence-electron chi connectivity index (χ4n) is 1.45. The Hall–Kier alpha value is -1.89. The fourth-order valence-corrected chi connectivity index (χ4v) is 2.40. The highest BCUT2D eigenvalue weighted by Crippen LogP contribution is 2.21. The van der Waals surface area contributed by atoms with Crippen LogP contribution >= 0.6 is 11.8 Å². The van der Waals surface area contributed by atoms with Crippen molar-refractivity contribution in [2.24, 2.45) is 12.8 Å². The van der Waals surface area contributed by atoms with Crippen molar-refractivity contribution >= 4 is 17.6 Å². The molecule has 0 fully saturated rings. The first-order valence-electron chi connectivity index (χ1n) is 5.36. The molecule has 0 unspecified atom stereocenters. The molecule has 18 heavy (non-hydrogen) atoms. The van der Waals surface area contributed by atoms with E-state index in [1.54, 1.807) is 18.0 Å². The smallest absolute Gasteiger partial charge is 0.191 e. The van der Waals surface area contributed by atoms with Crippen molar-refractivity contribution < 1.29 is 0 Å². The highest BCUT2D eigenvalue weighted by atomic mass is 32.2. The van der Waals surface area contributed by atoms with E-state index < -0.39 is 0 Å². The van der Waals surface area contributed by atoms with Crippen LogP contribution in [-0.2, 0) is 12.8 Å². The Balaban J connectivity index is 2.16. The number of aryl methyl sites for hydroxylation is 1. The molecule has 2 aromatic rings. The summed E-state index contributed by atoms with van der Waals surface area (Å²) in [6, 6.07) is 3.75. The Morgan fingerprint density at radius 3 is 2.89 bits per heavy atom. The summed E-state index contributed by atoms with van der Waals surface area (Å²) in [5.74, 6) is 1.52. The lowest BCUT2D eigenvalue weighted by molar-refractivity contribution is 0.765. The van der Waals surface area contributed by atoms with Gasteiger partial charge in [0.25, 0.3) is 0 Å². The van der Waals surface area contributed by atoms with Gasteiger partial charge in [-0.3, -0.25) is 10.4 Å². The number of nitrogens with zero attached hydrogens (tertiary/aromatic N) is 4. The number of amidine groups is 1. The highest BCUT2D eigenvalue weighted by Gasteiger charge is 2.10. The molecule has 7 heteroatoms. The molecule has 6 nitrogen and oxygen atoms in total. The van der Waals surface area contributed by atoms with Gasteiger partial charge in [0.2, 0.25) is 0 Å². The summed E-state index contributed by atoms with van der Waals surface area (Å²) in [6.45, 7) is 1.90. The average Bonchev–Trinajstić information content (AvgIpc) is 2.68. The molecule has 2 aromatic heterocycles. The monoisotopic (exact) mass is 262 g/mol. The topological polar surface area (TPSA) is 93.5 Å². The number of nitrogens with two attached hydrogens (primary N) is 1. The van der Waals surface area contributed by atoms with Gasteiger partial charge in [-0.15, -0.1) is 10.2 Å². The van der Waals surface area contributed by atoms with Crippen LogP contribution in [0.3, 0.4) is 0 Å². The second-order valence-electron chi connectivity index (χ2n) is 3.80. The summed E-state index contributed by atoms with van der Waals surface area (Å²) in [5, 5.41) is 16.4. The van der Waals surface area contributed by atoms with Crippen LogP contribution in [0.25, 0.3) is 0 Å². The number of hydrogen-bond acceptors (Lipinski definition) is 5. The van der Waals surface area contributed by atoms with Gasteiger partial charge >= 0.3 is 0 Å². The summed E-state index contributed by atoms with van der Waals surface area (Å²) in [5.41, 5.74) is 6.95. The Morgan fingerprint density at radius 2 is 2.28 bits per heavy atom. The van der Waals surface area contributed by atoms with Crippen LogP contribution in [0.15, 0.2) is 23.5 Å². The van der Waals surface area contributed by atoms with E-state index in [4.69, 9.17) is 11.1 Å². The van der Waals surface area contributed by atoms with E-state index in [-0.39, 0.29) is 5.84 Å². The predicted molar refractivity (Wildman–Crippen MR) is 70.6 cm³/mol. The van der Waals surface area contributed by atoms with Crippen molar-refractivity contribution in [1.29, 1.82) is 5.41 Å². The number of hydrogen-bond donors (Lipinski definition) is 2. The molecule has 0 aliphatic rings. The second-order valence-corrected chi connectivity index (χ2v) is 4.74. The first-order chi connectivity index (χ1) is 8.59. The molecule has 2 rings (SSSR count). The summed E-state index contributed by atoms with van der Waals surface area (Å²) in [7, 11) is 1.92. The lowest BCUT2D eigenvalue weighted by Gasteiger charge is -2.06. The Morgan fingerprint density at radius 1 is 1.50 bits per heavy atom. The van der Waals surface area contributed by atoms with Gasteiger partial charge in [0.15, 0.2) is 5.16 Å². The molecule has 2 heterocycles. The molecule has 0 atom stereocenters. The van der Waals surface area contributed by atoms with E-state index >= 15 is 0 Å². The lowest BCUT2D eigenvalue weighted by Crippen LogP contribution is -2.15. The largest absolute Gasteiger partial charge is 0.382 e. The van der Waals surface area contributed by atoms with Gasteiger partial charge < -0.3 is 10.3 Å². The third kappa shape index (κ3) is 2.51. The van der Waals surface area contributed by atoms with E-state index in [0.29, 0.717) is 11.4 Å². The van der Waals surface area contributed by atoms with Crippen LogP contribution in [-0.4, -0.2) is 25.6 Å². The Labute approximate surface area is 109 Å². The minimum Gasteiger partial charge on any atom is -0.382 e. The third-order valence-electron chi connectivity index (χ3n) is 2.56. The molecule has 0 aliphatic heterocycles. The maximum Gasteiger partial charge on any atom is 0.191 e. The van der Waals surface area contributed by atoms with Crippen LogP contribution in [0.5, 0.6) is 0 Å². The Kier molecular flexibility index (Phi) is 3.61. The zero-order valence-electron chi connectivity index (χ0n) is 10.2. The van der Waals surface area contributed by atoms with E-state index in [0.717, 1.165) is 16.5 Å². The van der Waals surface area contributed by atoms with Crippen LogP contribution < -0.4 is 5.73 Å². The number of nitrogens with one attached hydrogen (secondary N) is 1. The minimum atomic E-state index is -0.0136. The molecule has 0 spiro atoms. The van der Waals surface area contributed by atoms with E-state index in [9.17, 15) is 0 Å². The summed E-state index contributed by atoms with van der Waals surface area (Å²) >= 11 is 1.55. The summed E-state index contributed by atoms with van der Waals surface area (Å²) < 4.78 is 1.93. The van der Waals surface area contributed by atoms with Gasteiger partial charge in [-0.1, -0.05) is 17.8 Å². The van der Waals surface area contributed by atoms with Crippen molar-refractivity contribution in [3.05, 3.63) is 35.4 Å². The van der Waals surface area contributed by atoms with Crippen molar-refractivity contribution in [2.45, 2.75) is 17.8 Å². The third-order valence-corrected chi connectivity index (χ3v) is 3.62. The molecule has 0 bridgehead atoms.